The lowest BCUT2D eigenvalue weighted by Crippen LogP contribution is -2.61. The van der Waals surface area contributed by atoms with Crippen LogP contribution in [0, 0.1) is 11.3 Å². The molecule has 15 heavy (non-hydrogen) atoms. The second-order valence-corrected chi connectivity index (χ2v) is 5.03. The highest BCUT2D eigenvalue weighted by Crippen LogP contribution is 2.36. The van der Waals surface area contributed by atoms with Gasteiger partial charge in [0.1, 0.15) is 0 Å². The van der Waals surface area contributed by atoms with E-state index in [1.807, 2.05) is 13.8 Å². The molecule has 0 bridgehead atoms. The van der Waals surface area contributed by atoms with E-state index < -0.39 is 0 Å². The number of amides is 1. The summed E-state index contributed by atoms with van der Waals surface area (Å²) in [6, 6.07) is -0.0336. The molecule has 0 radical (unpaired) electrons. The number of aliphatic hydroxyl groups is 1. The van der Waals surface area contributed by atoms with E-state index in [-0.39, 0.29) is 29.4 Å². The van der Waals surface area contributed by atoms with E-state index in [4.69, 9.17) is 4.74 Å². The Morgan fingerprint density at radius 1 is 1.47 bits per heavy atom. The summed E-state index contributed by atoms with van der Waals surface area (Å²) >= 11 is 0. The summed E-state index contributed by atoms with van der Waals surface area (Å²) in [4.78, 5) is 12.0. The summed E-state index contributed by atoms with van der Waals surface area (Å²) in [5.74, 6) is 0.330. The number of hydrogen-bond donors (Lipinski definition) is 2. The van der Waals surface area contributed by atoms with Gasteiger partial charge in [-0.2, -0.15) is 0 Å². The van der Waals surface area contributed by atoms with E-state index in [0.717, 1.165) is 12.8 Å². The largest absolute Gasteiger partial charge is 0.391 e. The summed E-state index contributed by atoms with van der Waals surface area (Å²) in [5.41, 5.74) is -0.352. The zero-order valence-corrected chi connectivity index (χ0v) is 9.32. The van der Waals surface area contributed by atoms with Crippen molar-refractivity contribution in [2.24, 2.45) is 11.3 Å². The first-order chi connectivity index (χ1) is 7.06. The zero-order chi connectivity index (χ0) is 11.1. The first-order valence-electron chi connectivity index (χ1n) is 5.63. The van der Waals surface area contributed by atoms with Gasteiger partial charge in [0.25, 0.3) is 0 Å². The average molecular weight is 213 g/mol. The molecule has 2 atom stereocenters. The standard InChI is InChI=1S/C11H19NO3/c1-7(2)11(5-15-6-11)10(14)12-8-3-4-9(8)13/h7-9,13H,3-6H2,1-2H3,(H,12,14)/t8-,9-/m1/s1. The molecule has 2 fully saturated rings. The predicted molar refractivity (Wildman–Crippen MR) is 55.3 cm³/mol. The van der Waals surface area contributed by atoms with E-state index in [9.17, 15) is 9.90 Å². The number of carbonyl (C=O) groups excluding carboxylic acids is 1. The maximum atomic E-state index is 12.0. The number of ether oxygens (including phenoxy) is 1. The molecule has 1 aliphatic carbocycles. The van der Waals surface area contributed by atoms with Gasteiger partial charge in [0, 0.05) is 0 Å². The van der Waals surface area contributed by atoms with Crippen molar-refractivity contribution in [2.75, 3.05) is 13.2 Å². The molecule has 0 unspecified atom stereocenters. The second-order valence-electron chi connectivity index (χ2n) is 5.03. The molecule has 1 heterocycles. The van der Waals surface area contributed by atoms with Crippen LogP contribution in [0.15, 0.2) is 0 Å². The predicted octanol–water partition coefficient (Wildman–Crippen LogP) is 0.298. The summed E-state index contributed by atoms with van der Waals surface area (Å²) in [5, 5.41) is 12.3. The molecular formula is C11H19NO3. The van der Waals surface area contributed by atoms with Crippen molar-refractivity contribution in [2.45, 2.75) is 38.8 Å². The van der Waals surface area contributed by atoms with Gasteiger partial charge in [-0.3, -0.25) is 4.79 Å². The maximum Gasteiger partial charge on any atom is 0.231 e. The van der Waals surface area contributed by atoms with Crippen LogP contribution >= 0.6 is 0 Å². The quantitative estimate of drug-likeness (QED) is 0.709. The zero-order valence-electron chi connectivity index (χ0n) is 9.32. The van der Waals surface area contributed by atoms with Gasteiger partial charge in [-0.1, -0.05) is 13.8 Å². The molecule has 1 saturated carbocycles. The second kappa shape index (κ2) is 3.76. The van der Waals surface area contributed by atoms with E-state index in [2.05, 4.69) is 5.32 Å². The number of aliphatic hydroxyl groups excluding tert-OH is 1. The van der Waals surface area contributed by atoms with Gasteiger partial charge in [0.15, 0.2) is 0 Å². The fraction of sp³-hybridized carbons (Fsp3) is 0.909. The van der Waals surface area contributed by atoms with Crippen LogP contribution in [0.25, 0.3) is 0 Å². The SMILES string of the molecule is CC(C)C1(C(=O)N[C@@H]2CC[C@H]2O)COC1. The Kier molecular flexibility index (Phi) is 2.73. The number of rotatable bonds is 3. The smallest absolute Gasteiger partial charge is 0.231 e. The molecule has 1 aliphatic heterocycles. The lowest BCUT2D eigenvalue weighted by Gasteiger charge is -2.45. The van der Waals surface area contributed by atoms with Gasteiger partial charge in [0.05, 0.1) is 30.8 Å². The molecule has 4 heteroatoms. The van der Waals surface area contributed by atoms with Crippen LogP contribution in [0.2, 0.25) is 0 Å². The third kappa shape index (κ3) is 1.66. The lowest BCUT2D eigenvalue weighted by atomic mass is 9.74. The highest BCUT2D eigenvalue weighted by Gasteiger charge is 2.49. The third-order valence-electron chi connectivity index (χ3n) is 3.83. The monoisotopic (exact) mass is 213 g/mol. The first kappa shape index (κ1) is 10.9. The van der Waals surface area contributed by atoms with E-state index in [0.29, 0.717) is 13.2 Å². The molecule has 4 nitrogen and oxygen atoms in total. The number of nitrogens with one attached hydrogen (secondary N) is 1. The summed E-state index contributed by atoms with van der Waals surface area (Å²) in [6.45, 7) is 5.11. The molecule has 2 N–H and O–H groups in total. The fourth-order valence-corrected chi connectivity index (χ4v) is 2.01. The average Bonchev–Trinajstić information content (AvgIpc) is 2.09. The summed E-state index contributed by atoms with van der Waals surface area (Å²) < 4.78 is 5.16. The topological polar surface area (TPSA) is 58.6 Å². The van der Waals surface area contributed by atoms with Crippen LogP contribution in [0.3, 0.4) is 0 Å². The van der Waals surface area contributed by atoms with Crippen LogP contribution < -0.4 is 5.32 Å². The minimum Gasteiger partial charge on any atom is -0.391 e. The minimum absolute atomic E-state index is 0.0336. The number of hydrogen-bond acceptors (Lipinski definition) is 3. The molecule has 0 aromatic heterocycles. The van der Waals surface area contributed by atoms with Crippen LogP contribution in [0.4, 0.5) is 0 Å². The molecule has 86 valence electrons. The van der Waals surface area contributed by atoms with Crippen molar-refractivity contribution >= 4 is 5.91 Å². The number of carbonyl (C=O) groups is 1. The van der Waals surface area contributed by atoms with Gasteiger partial charge in [-0.15, -0.1) is 0 Å². The molecule has 0 aromatic carbocycles. The van der Waals surface area contributed by atoms with Gasteiger partial charge in [-0.25, -0.2) is 0 Å². The summed E-state index contributed by atoms with van der Waals surface area (Å²) in [7, 11) is 0. The van der Waals surface area contributed by atoms with Gasteiger partial charge in [-0.05, 0) is 18.8 Å². The van der Waals surface area contributed by atoms with Crippen LogP contribution in [-0.4, -0.2) is 36.4 Å². The fourth-order valence-electron chi connectivity index (χ4n) is 2.01. The Bertz CT molecular complexity index is 261. The normalized spacial score (nSPS) is 33.1. The minimum atomic E-state index is -0.352. The highest BCUT2D eigenvalue weighted by atomic mass is 16.5. The molecule has 1 saturated heterocycles. The Hall–Kier alpha value is -0.610. The van der Waals surface area contributed by atoms with Gasteiger partial charge >= 0.3 is 0 Å². The van der Waals surface area contributed by atoms with Crippen LogP contribution in [0.5, 0.6) is 0 Å². The maximum absolute atomic E-state index is 12.0. The molecule has 0 spiro atoms. The van der Waals surface area contributed by atoms with Gasteiger partial charge in [0.2, 0.25) is 5.91 Å². The van der Waals surface area contributed by atoms with Crippen molar-refractivity contribution in [3.05, 3.63) is 0 Å². The molecule has 2 aliphatic rings. The van der Waals surface area contributed by atoms with Gasteiger partial charge < -0.3 is 15.2 Å². The summed E-state index contributed by atoms with van der Waals surface area (Å²) in [6.07, 6.45) is 1.34. The molecule has 0 aromatic rings. The van der Waals surface area contributed by atoms with Crippen molar-refractivity contribution in [3.8, 4) is 0 Å². The van der Waals surface area contributed by atoms with E-state index in [1.165, 1.54) is 0 Å². The molecule has 1 amide bonds. The molecule has 2 rings (SSSR count). The Labute approximate surface area is 90.0 Å². The Morgan fingerprint density at radius 3 is 2.40 bits per heavy atom. The Morgan fingerprint density at radius 2 is 2.13 bits per heavy atom. The van der Waals surface area contributed by atoms with Crippen molar-refractivity contribution in [1.29, 1.82) is 0 Å². The van der Waals surface area contributed by atoms with E-state index in [1.54, 1.807) is 0 Å². The lowest BCUT2D eigenvalue weighted by molar-refractivity contribution is -0.174. The van der Waals surface area contributed by atoms with Crippen molar-refractivity contribution in [1.82, 2.24) is 5.32 Å². The van der Waals surface area contributed by atoms with Crippen molar-refractivity contribution < 1.29 is 14.6 Å². The van der Waals surface area contributed by atoms with Crippen LogP contribution in [0.1, 0.15) is 26.7 Å². The third-order valence-corrected chi connectivity index (χ3v) is 3.83. The first-order valence-corrected chi connectivity index (χ1v) is 5.63. The van der Waals surface area contributed by atoms with Crippen molar-refractivity contribution in [3.63, 3.8) is 0 Å². The van der Waals surface area contributed by atoms with E-state index >= 15 is 0 Å². The Balaban J connectivity index is 1.94. The van der Waals surface area contributed by atoms with Crippen LogP contribution in [-0.2, 0) is 9.53 Å². The molecular weight excluding hydrogens is 194 g/mol. The highest BCUT2D eigenvalue weighted by molar-refractivity contribution is 5.84.